The normalized spacial score (nSPS) is 13.5. The lowest BCUT2D eigenvalue weighted by Gasteiger charge is -1.99. The number of furan rings is 1. The second-order valence-electron chi connectivity index (χ2n) is 4.99. The molecule has 0 spiro atoms. The maximum absolute atomic E-state index is 11.8. The quantitative estimate of drug-likeness (QED) is 0.671. The van der Waals surface area contributed by atoms with Crippen LogP contribution >= 0.6 is 0 Å². The molecule has 0 aliphatic carbocycles. The van der Waals surface area contributed by atoms with Crippen LogP contribution in [-0.4, -0.2) is 18.3 Å². The van der Waals surface area contributed by atoms with Crippen LogP contribution in [0.2, 0.25) is 0 Å². The molecule has 0 atom stereocenters. The maximum atomic E-state index is 11.8. The van der Waals surface area contributed by atoms with E-state index in [1.165, 1.54) is 0 Å². The van der Waals surface area contributed by atoms with E-state index >= 15 is 0 Å². The summed E-state index contributed by atoms with van der Waals surface area (Å²) in [6.45, 7) is 2.15. The summed E-state index contributed by atoms with van der Waals surface area (Å²) in [7, 11) is 0. The number of carbonyl (C=O) groups is 1. The molecule has 0 fully saturated rings. The molecule has 0 saturated heterocycles. The number of hydrogen-bond donors (Lipinski definition) is 0. The number of aliphatic imine (C=N–C) groups is 1. The van der Waals surface area contributed by atoms with Crippen molar-refractivity contribution in [1.29, 1.82) is 0 Å². The fourth-order valence-electron chi connectivity index (χ4n) is 2.79. The van der Waals surface area contributed by atoms with Crippen LogP contribution in [0, 0.1) is 0 Å². The molecule has 0 saturated carbocycles. The van der Waals surface area contributed by atoms with Crippen molar-refractivity contribution in [3.05, 3.63) is 42.0 Å². The molecule has 4 nitrogen and oxygen atoms in total. The zero-order chi connectivity index (χ0) is 14.4. The topological polar surface area (TPSA) is 51.8 Å². The number of fused-ring (bicyclic) bond motifs is 5. The Hall–Kier alpha value is -2.62. The summed E-state index contributed by atoms with van der Waals surface area (Å²) in [5, 5.41) is 2.14. The summed E-state index contributed by atoms with van der Waals surface area (Å²) in [6.07, 6.45) is 0.464. The molecule has 2 aromatic carbocycles. The van der Waals surface area contributed by atoms with E-state index in [2.05, 4.69) is 4.99 Å². The van der Waals surface area contributed by atoms with Gasteiger partial charge in [-0.05, 0) is 25.1 Å². The molecule has 4 heteroatoms. The Morgan fingerprint density at radius 3 is 2.95 bits per heavy atom. The van der Waals surface area contributed by atoms with Crippen molar-refractivity contribution < 1.29 is 13.9 Å². The molecule has 0 bridgehead atoms. The van der Waals surface area contributed by atoms with Crippen LogP contribution in [0.5, 0.6) is 0 Å². The molecular formula is C17H13NO3. The third-order valence-electron chi connectivity index (χ3n) is 3.74. The first-order valence-corrected chi connectivity index (χ1v) is 6.95. The molecule has 1 aromatic heterocycles. The third kappa shape index (κ3) is 1.76. The lowest BCUT2D eigenvalue weighted by atomic mass is 10.1. The molecule has 0 amide bonds. The molecule has 1 aliphatic rings. The highest BCUT2D eigenvalue weighted by atomic mass is 16.5. The SMILES string of the molecule is CCOC(=O)C1=Nc2ccc3c(oc4ccccc43)c2C1. The standard InChI is InChI=1S/C17H13NO3/c1-2-20-17(19)14-9-12-13(18-14)8-7-11-10-5-3-4-6-15(10)21-16(11)12/h3-8H,2,9H2,1H3. The molecule has 4 rings (SSSR count). The van der Waals surface area contributed by atoms with E-state index < -0.39 is 0 Å². The molecule has 2 heterocycles. The Kier molecular flexibility index (Phi) is 2.57. The fraction of sp³-hybridized carbons (Fsp3) is 0.176. The van der Waals surface area contributed by atoms with Gasteiger partial charge in [0.25, 0.3) is 0 Å². The predicted octanol–water partition coefficient (Wildman–Crippen LogP) is 3.78. The van der Waals surface area contributed by atoms with E-state index in [4.69, 9.17) is 9.15 Å². The van der Waals surface area contributed by atoms with Crippen molar-refractivity contribution in [2.45, 2.75) is 13.3 Å². The van der Waals surface area contributed by atoms with Crippen molar-refractivity contribution >= 4 is 39.3 Å². The lowest BCUT2D eigenvalue weighted by Crippen LogP contribution is -2.17. The van der Waals surface area contributed by atoms with Crippen molar-refractivity contribution in [2.24, 2.45) is 4.99 Å². The van der Waals surface area contributed by atoms with Crippen molar-refractivity contribution in [3.8, 4) is 0 Å². The largest absolute Gasteiger partial charge is 0.461 e. The summed E-state index contributed by atoms with van der Waals surface area (Å²) < 4.78 is 11.0. The van der Waals surface area contributed by atoms with E-state index in [0.29, 0.717) is 18.7 Å². The molecule has 0 unspecified atom stereocenters. The number of benzene rings is 2. The van der Waals surface area contributed by atoms with Gasteiger partial charge in [-0.15, -0.1) is 0 Å². The highest BCUT2D eigenvalue weighted by Crippen LogP contribution is 2.38. The number of ether oxygens (including phenoxy) is 1. The smallest absolute Gasteiger partial charge is 0.353 e. The highest BCUT2D eigenvalue weighted by Gasteiger charge is 2.25. The van der Waals surface area contributed by atoms with Gasteiger partial charge in [-0.25, -0.2) is 9.79 Å². The average molecular weight is 279 g/mol. The van der Waals surface area contributed by atoms with Gasteiger partial charge in [0.15, 0.2) is 0 Å². The predicted molar refractivity (Wildman–Crippen MR) is 81.2 cm³/mol. The number of rotatable bonds is 2. The Bertz CT molecular complexity index is 905. The molecule has 0 N–H and O–H groups in total. The number of carbonyl (C=O) groups excluding carboxylic acids is 1. The maximum Gasteiger partial charge on any atom is 0.353 e. The summed E-state index contributed by atoms with van der Waals surface area (Å²) in [4.78, 5) is 16.2. The van der Waals surface area contributed by atoms with Crippen LogP contribution in [0.4, 0.5) is 5.69 Å². The molecule has 1 aliphatic heterocycles. The number of nitrogens with zero attached hydrogens (tertiary/aromatic N) is 1. The molecule has 21 heavy (non-hydrogen) atoms. The minimum Gasteiger partial charge on any atom is -0.461 e. The van der Waals surface area contributed by atoms with Gasteiger partial charge in [-0.2, -0.15) is 0 Å². The highest BCUT2D eigenvalue weighted by molar-refractivity contribution is 6.39. The van der Waals surface area contributed by atoms with Crippen LogP contribution in [0.3, 0.4) is 0 Å². The van der Waals surface area contributed by atoms with Gasteiger partial charge in [-0.3, -0.25) is 0 Å². The van der Waals surface area contributed by atoms with E-state index in [1.54, 1.807) is 6.92 Å². The Labute approximate surface area is 121 Å². The van der Waals surface area contributed by atoms with E-state index in [9.17, 15) is 4.79 Å². The van der Waals surface area contributed by atoms with Gasteiger partial charge < -0.3 is 9.15 Å². The van der Waals surface area contributed by atoms with Crippen LogP contribution < -0.4 is 0 Å². The van der Waals surface area contributed by atoms with Crippen LogP contribution in [-0.2, 0) is 16.0 Å². The van der Waals surface area contributed by atoms with Crippen LogP contribution in [0.15, 0.2) is 45.8 Å². The second-order valence-corrected chi connectivity index (χ2v) is 4.99. The Balaban J connectivity index is 1.86. The van der Waals surface area contributed by atoms with Gasteiger partial charge in [0.05, 0.1) is 12.3 Å². The van der Waals surface area contributed by atoms with Crippen molar-refractivity contribution in [1.82, 2.24) is 0 Å². The first kappa shape index (κ1) is 12.1. The summed E-state index contributed by atoms with van der Waals surface area (Å²) in [6, 6.07) is 11.9. The van der Waals surface area contributed by atoms with Crippen molar-refractivity contribution in [3.63, 3.8) is 0 Å². The molecule has 104 valence electrons. The first-order valence-electron chi connectivity index (χ1n) is 6.95. The summed E-state index contributed by atoms with van der Waals surface area (Å²) in [5.74, 6) is -0.349. The number of esters is 1. The average Bonchev–Trinajstić information content (AvgIpc) is 3.08. The molecular weight excluding hydrogens is 266 g/mol. The minimum absolute atomic E-state index is 0.349. The molecule has 3 aromatic rings. The van der Waals surface area contributed by atoms with Gasteiger partial charge in [0.1, 0.15) is 16.9 Å². The van der Waals surface area contributed by atoms with E-state index in [-0.39, 0.29) is 5.97 Å². The number of para-hydroxylation sites is 1. The first-order chi connectivity index (χ1) is 10.3. The van der Waals surface area contributed by atoms with Crippen LogP contribution in [0.25, 0.3) is 21.9 Å². The van der Waals surface area contributed by atoms with Gasteiger partial charge in [-0.1, -0.05) is 18.2 Å². The third-order valence-corrected chi connectivity index (χ3v) is 3.74. The lowest BCUT2D eigenvalue weighted by molar-refractivity contribution is -0.135. The Morgan fingerprint density at radius 2 is 2.10 bits per heavy atom. The second kappa shape index (κ2) is 4.45. The summed E-state index contributed by atoms with van der Waals surface area (Å²) >= 11 is 0. The molecule has 0 radical (unpaired) electrons. The Morgan fingerprint density at radius 1 is 1.24 bits per heavy atom. The van der Waals surface area contributed by atoms with Crippen LogP contribution in [0.1, 0.15) is 12.5 Å². The van der Waals surface area contributed by atoms with Gasteiger partial charge in [0, 0.05) is 22.8 Å². The van der Waals surface area contributed by atoms with Crippen molar-refractivity contribution in [2.75, 3.05) is 6.61 Å². The zero-order valence-electron chi connectivity index (χ0n) is 11.6. The van der Waals surface area contributed by atoms with E-state index in [1.807, 2.05) is 36.4 Å². The van der Waals surface area contributed by atoms with E-state index in [0.717, 1.165) is 33.2 Å². The summed E-state index contributed by atoms with van der Waals surface area (Å²) in [5.41, 5.74) is 3.87. The van der Waals surface area contributed by atoms with Gasteiger partial charge in [0.2, 0.25) is 0 Å². The minimum atomic E-state index is -0.349. The zero-order valence-corrected chi connectivity index (χ0v) is 11.6. The van der Waals surface area contributed by atoms with Gasteiger partial charge >= 0.3 is 5.97 Å². The fourth-order valence-corrected chi connectivity index (χ4v) is 2.79. The number of hydrogen-bond acceptors (Lipinski definition) is 4. The monoisotopic (exact) mass is 279 g/mol.